The molecule has 132 valence electrons. The molecule has 1 aliphatic heterocycles. The average Bonchev–Trinajstić information content (AvgIpc) is 2.64. The first-order valence-electron chi connectivity index (χ1n) is 8.98. The Morgan fingerprint density at radius 2 is 1.76 bits per heavy atom. The molecular formula is C21H25BrN2O. The molecule has 1 amide bonds. The number of hydrogen-bond donors (Lipinski definition) is 1. The molecular weight excluding hydrogens is 376 g/mol. The third kappa shape index (κ3) is 4.71. The van der Waals surface area contributed by atoms with Crippen molar-refractivity contribution in [1.29, 1.82) is 0 Å². The summed E-state index contributed by atoms with van der Waals surface area (Å²) in [6.45, 7) is 4.94. The van der Waals surface area contributed by atoms with Crippen LogP contribution in [0.25, 0.3) is 0 Å². The second-order valence-electron chi connectivity index (χ2n) is 6.71. The maximum atomic E-state index is 12.6. The quantitative estimate of drug-likeness (QED) is 0.787. The minimum atomic E-state index is -0.0263. The number of amides is 1. The van der Waals surface area contributed by atoms with Crippen LogP contribution < -0.4 is 5.32 Å². The Morgan fingerprint density at radius 1 is 1.08 bits per heavy atom. The zero-order valence-electron chi connectivity index (χ0n) is 14.7. The zero-order valence-corrected chi connectivity index (χ0v) is 16.3. The number of likely N-dealkylation sites (tertiary alicyclic amines) is 1. The fourth-order valence-electron chi connectivity index (χ4n) is 3.41. The summed E-state index contributed by atoms with van der Waals surface area (Å²) < 4.78 is 0.831. The Balaban J connectivity index is 1.74. The predicted molar refractivity (Wildman–Crippen MR) is 106 cm³/mol. The van der Waals surface area contributed by atoms with E-state index in [0.717, 1.165) is 17.6 Å². The lowest BCUT2D eigenvalue weighted by Crippen LogP contribution is -2.40. The van der Waals surface area contributed by atoms with Gasteiger partial charge in [-0.15, -0.1) is 0 Å². The van der Waals surface area contributed by atoms with E-state index >= 15 is 0 Å². The largest absolute Gasteiger partial charge is 0.350 e. The van der Waals surface area contributed by atoms with Crippen molar-refractivity contribution in [2.45, 2.75) is 32.2 Å². The predicted octanol–water partition coefficient (Wildman–Crippen LogP) is 4.71. The first-order valence-corrected chi connectivity index (χ1v) is 9.78. The lowest BCUT2D eigenvalue weighted by Gasteiger charge is -2.35. The van der Waals surface area contributed by atoms with Crippen molar-refractivity contribution in [3.05, 3.63) is 69.7 Å². The number of nitrogens with zero attached hydrogens (tertiary/aromatic N) is 1. The molecule has 0 bridgehead atoms. The summed E-state index contributed by atoms with van der Waals surface area (Å²) in [7, 11) is 0. The van der Waals surface area contributed by atoms with Crippen LogP contribution in [-0.2, 0) is 0 Å². The van der Waals surface area contributed by atoms with Gasteiger partial charge in [0.2, 0.25) is 0 Å². The molecule has 25 heavy (non-hydrogen) atoms. The van der Waals surface area contributed by atoms with Gasteiger partial charge in [0.15, 0.2) is 0 Å². The van der Waals surface area contributed by atoms with Crippen LogP contribution in [0, 0.1) is 6.92 Å². The molecule has 0 spiro atoms. The van der Waals surface area contributed by atoms with Gasteiger partial charge in [-0.2, -0.15) is 0 Å². The van der Waals surface area contributed by atoms with Crippen LogP contribution in [0.15, 0.2) is 53.0 Å². The molecule has 0 aliphatic carbocycles. The van der Waals surface area contributed by atoms with E-state index < -0.39 is 0 Å². The summed E-state index contributed by atoms with van der Waals surface area (Å²) in [5.41, 5.74) is 3.22. The normalized spacial score (nSPS) is 16.4. The first-order chi connectivity index (χ1) is 12.1. The second-order valence-corrected chi connectivity index (χ2v) is 7.57. The number of nitrogens with one attached hydrogen (secondary N) is 1. The van der Waals surface area contributed by atoms with Gasteiger partial charge in [0.1, 0.15) is 0 Å². The van der Waals surface area contributed by atoms with E-state index in [0.29, 0.717) is 12.1 Å². The number of carbonyl (C=O) groups is 1. The summed E-state index contributed by atoms with van der Waals surface area (Å²) in [4.78, 5) is 15.1. The summed E-state index contributed by atoms with van der Waals surface area (Å²) in [6, 6.07) is 16.5. The highest BCUT2D eigenvalue weighted by molar-refractivity contribution is 9.10. The van der Waals surface area contributed by atoms with Gasteiger partial charge in [0.25, 0.3) is 5.91 Å². The number of halogens is 1. The fraction of sp³-hybridized carbons (Fsp3) is 0.381. The van der Waals surface area contributed by atoms with Crippen LogP contribution in [0.5, 0.6) is 0 Å². The number of carbonyl (C=O) groups excluding carboxylic acids is 1. The molecule has 0 aromatic heterocycles. The number of aryl methyl sites for hydroxylation is 1. The Bertz CT molecular complexity index is 708. The molecule has 3 nitrogen and oxygen atoms in total. The molecule has 2 aromatic carbocycles. The Labute approximate surface area is 158 Å². The number of piperidine rings is 1. The number of rotatable bonds is 5. The monoisotopic (exact) mass is 400 g/mol. The van der Waals surface area contributed by atoms with Crippen molar-refractivity contribution < 1.29 is 4.79 Å². The smallest absolute Gasteiger partial charge is 0.252 e. The number of hydrogen-bond acceptors (Lipinski definition) is 2. The summed E-state index contributed by atoms with van der Waals surface area (Å²) in [5.74, 6) is -0.0263. The second kappa shape index (κ2) is 8.63. The Hall–Kier alpha value is -1.65. The van der Waals surface area contributed by atoms with Gasteiger partial charge < -0.3 is 5.32 Å². The van der Waals surface area contributed by atoms with E-state index in [1.807, 2.05) is 24.3 Å². The molecule has 1 aliphatic rings. The highest BCUT2D eigenvalue weighted by Crippen LogP contribution is 2.25. The van der Waals surface area contributed by atoms with Crippen molar-refractivity contribution >= 4 is 21.8 Å². The van der Waals surface area contributed by atoms with Crippen molar-refractivity contribution in [2.75, 3.05) is 19.6 Å². The fourth-order valence-corrected chi connectivity index (χ4v) is 3.87. The van der Waals surface area contributed by atoms with Crippen LogP contribution in [0.2, 0.25) is 0 Å². The number of benzene rings is 2. The third-order valence-corrected chi connectivity index (χ3v) is 5.56. The zero-order chi connectivity index (χ0) is 17.6. The summed E-state index contributed by atoms with van der Waals surface area (Å²) in [6.07, 6.45) is 3.78. The van der Waals surface area contributed by atoms with Crippen molar-refractivity contribution in [1.82, 2.24) is 10.2 Å². The molecule has 0 radical (unpaired) electrons. The van der Waals surface area contributed by atoms with Crippen LogP contribution >= 0.6 is 15.9 Å². The molecule has 1 saturated heterocycles. The van der Waals surface area contributed by atoms with E-state index in [4.69, 9.17) is 0 Å². The lowest BCUT2D eigenvalue weighted by molar-refractivity contribution is 0.0923. The highest BCUT2D eigenvalue weighted by atomic mass is 79.9. The minimum absolute atomic E-state index is 0.0263. The molecule has 1 heterocycles. The van der Waals surface area contributed by atoms with Crippen molar-refractivity contribution in [2.24, 2.45) is 0 Å². The van der Waals surface area contributed by atoms with Gasteiger partial charge >= 0.3 is 0 Å². The molecule has 4 heteroatoms. The van der Waals surface area contributed by atoms with Gasteiger partial charge in [0.05, 0.1) is 11.6 Å². The van der Waals surface area contributed by atoms with Crippen molar-refractivity contribution in [3.63, 3.8) is 0 Å². The van der Waals surface area contributed by atoms with Gasteiger partial charge in [0, 0.05) is 11.0 Å². The highest BCUT2D eigenvalue weighted by Gasteiger charge is 2.23. The van der Waals surface area contributed by atoms with Crippen molar-refractivity contribution in [3.8, 4) is 0 Å². The Morgan fingerprint density at radius 3 is 2.44 bits per heavy atom. The molecule has 1 atom stereocenters. The van der Waals surface area contributed by atoms with Crippen LogP contribution in [0.4, 0.5) is 0 Å². The average molecular weight is 401 g/mol. The van der Waals surface area contributed by atoms with Crippen LogP contribution in [0.3, 0.4) is 0 Å². The first kappa shape index (κ1) is 18.2. The van der Waals surface area contributed by atoms with Gasteiger partial charge in [-0.3, -0.25) is 9.69 Å². The topological polar surface area (TPSA) is 32.3 Å². The standard InChI is InChI=1S/C21H25BrN2O/c1-16-9-11-17(12-10-16)20(24-13-5-2-6-14-24)15-23-21(25)18-7-3-4-8-19(18)22/h3-4,7-12,20H,2,5-6,13-15H2,1H3,(H,23,25). The molecule has 3 rings (SSSR count). The van der Waals surface area contributed by atoms with E-state index in [2.05, 4.69) is 57.3 Å². The molecule has 1 fully saturated rings. The molecule has 1 unspecified atom stereocenters. The van der Waals surface area contributed by atoms with E-state index in [1.54, 1.807) is 0 Å². The molecule has 0 saturated carbocycles. The van der Waals surface area contributed by atoms with E-state index in [-0.39, 0.29) is 11.9 Å². The summed E-state index contributed by atoms with van der Waals surface area (Å²) in [5, 5.41) is 3.14. The van der Waals surface area contributed by atoms with Crippen LogP contribution in [-0.4, -0.2) is 30.4 Å². The minimum Gasteiger partial charge on any atom is -0.350 e. The Kier molecular flexibility index (Phi) is 6.27. The lowest BCUT2D eigenvalue weighted by atomic mass is 10.0. The van der Waals surface area contributed by atoms with E-state index in [1.165, 1.54) is 30.4 Å². The SMILES string of the molecule is Cc1ccc(C(CNC(=O)c2ccccc2Br)N2CCCCC2)cc1. The molecule has 1 N–H and O–H groups in total. The van der Waals surface area contributed by atoms with Crippen LogP contribution in [0.1, 0.15) is 46.8 Å². The maximum absolute atomic E-state index is 12.6. The maximum Gasteiger partial charge on any atom is 0.252 e. The van der Waals surface area contributed by atoms with E-state index in [9.17, 15) is 4.79 Å². The van der Waals surface area contributed by atoms with Gasteiger partial charge in [-0.25, -0.2) is 0 Å². The summed E-state index contributed by atoms with van der Waals surface area (Å²) >= 11 is 3.46. The van der Waals surface area contributed by atoms with Gasteiger partial charge in [-0.1, -0.05) is 48.4 Å². The van der Waals surface area contributed by atoms with Gasteiger partial charge in [-0.05, 0) is 66.5 Å². The molecule has 2 aromatic rings. The third-order valence-electron chi connectivity index (χ3n) is 4.87.